The summed E-state index contributed by atoms with van der Waals surface area (Å²) < 4.78 is 0. The van der Waals surface area contributed by atoms with Gasteiger partial charge in [-0.2, -0.15) is 0 Å². The van der Waals surface area contributed by atoms with Crippen molar-refractivity contribution in [2.24, 2.45) is 0 Å². The van der Waals surface area contributed by atoms with Crippen LogP contribution in [0.25, 0.3) is 11.1 Å². The molecule has 86 valence electrons. The number of nitrogen functional groups attached to an aromatic ring is 1. The third-order valence-corrected chi connectivity index (χ3v) is 3.17. The highest BCUT2D eigenvalue weighted by Gasteiger charge is 2.13. The highest BCUT2D eigenvalue weighted by molar-refractivity contribution is 5.79. The standard InChI is InChI=1S/C13H14N4/c1-8-12(13(14)17-7-16-8)10-3-2-9-4-5-15-11(9)6-10/h2-3,6-7,15H,4-5H2,1H3,(H2,14,16,17). The molecule has 0 spiro atoms. The van der Waals surface area contributed by atoms with E-state index in [0.29, 0.717) is 5.82 Å². The van der Waals surface area contributed by atoms with Crippen molar-refractivity contribution in [1.29, 1.82) is 0 Å². The average molecular weight is 226 g/mol. The minimum absolute atomic E-state index is 0.537. The predicted octanol–water partition coefficient (Wildman–Crippen LogP) is 2.00. The van der Waals surface area contributed by atoms with Crippen molar-refractivity contribution in [3.63, 3.8) is 0 Å². The molecule has 4 heteroatoms. The van der Waals surface area contributed by atoms with Gasteiger partial charge < -0.3 is 11.1 Å². The number of rotatable bonds is 1. The van der Waals surface area contributed by atoms with Crippen molar-refractivity contribution in [2.45, 2.75) is 13.3 Å². The molecule has 0 saturated carbocycles. The largest absolute Gasteiger partial charge is 0.384 e. The molecule has 1 aromatic heterocycles. The number of aromatic nitrogens is 2. The van der Waals surface area contributed by atoms with Crippen LogP contribution in [0.2, 0.25) is 0 Å². The van der Waals surface area contributed by atoms with Crippen LogP contribution in [0, 0.1) is 6.92 Å². The Morgan fingerprint density at radius 3 is 3.00 bits per heavy atom. The monoisotopic (exact) mass is 226 g/mol. The van der Waals surface area contributed by atoms with Gasteiger partial charge in [-0.25, -0.2) is 9.97 Å². The van der Waals surface area contributed by atoms with Gasteiger partial charge in [0, 0.05) is 17.8 Å². The zero-order chi connectivity index (χ0) is 11.8. The first kappa shape index (κ1) is 10.1. The SMILES string of the molecule is Cc1ncnc(N)c1-c1ccc2c(c1)NCC2. The van der Waals surface area contributed by atoms with Crippen LogP contribution in [-0.2, 0) is 6.42 Å². The van der Waals surface area contributed by atoms with Crippen molar-refractivity contribution < 1.29 is 0 Å². The number of aryl methyl sites for hydroxylation is 1. The van der Waals surface area contributed by atoms with Crippen molar-refractivity contribution in [3.05, 3.63) is 35.8 Å². The van der Waals surface area contributed by atoms with Gasteiger partial charge in [0.2, 0.25) is 0 Å². The van der Waals surface area contributed by atoms with E-state index in [9.17, 15) is 0 Å². The third-order valence-electron chi connectivity index (χ3n) is 3.17. The fraction of sp³-hybridized carbons (Fsp3) is 0.231. The molecule has 0 atom stereocenters. The van der Waals surface area contributed by atoms with Crippen LogP contribution in [-0.4, -0.2) is 16.5 Å². The number of nitrogens with one attached hydrogen (secondary N) is 1. The van der Waals surface area contributed by atoms with E-state index in [1.807, 2.05) is 6.92 Å². The predicted molar refractivity (Wildman–Crippen MR) is 68.8 cm³/mol. The summed E-state index contributed by atoms with van der Waals surface area (Å²) in [7, 11) is 0. The fourth-order valence-corrected chi connectivity index (χ4v) is 2.30. The van der Waals surface area contributed by atoms with Gasteiger partial charge in [-0.3, -0.25) is 0 Å². The lowest BCUT2D eigenvalue weighted by Crippen LogP contribution is -1.99. The molecule has 3 rings (SSSR count). The molecule has 4 nitrogen and oxygen atoms in total. The second kappa shape index (κ2) is 3.73. The summed E-state index contributed by atoms with van der Waals surface area (Å²) in [6.07, 6.45) is 2.59. The first-order valence-corrected chi connectivity index (χ1v) is 5.70. The van der Waals surface area contributed by atoms with Gasteiger partial charge in [-0.15, -0.1) is 0 Å². The lowest BCUT2D eigenvalue weighted by atomic mass is 10.0. The average Bonchev–Trinajstić information content (AvgIpc) is 2.76. The molecule has 0 amide bonds. The molecule has 0 unspecified atom stereocenters. The fourth-order valence-electron chi connectivity index (χ4n) is 2.30. The second-order valence-electron chi connectivity index (χ2n) is 4.27. The number of nitrogens with zero attached hydrogens (tertiary/aromatic N) is 2. The lowest BCUT2D eigenvalue weighted by molar-refractivity contribution is 1.10. The van der Waals surface area contributed by atoms with E-state index < -0.39 is 0 Å². The van der Waals surface area contributed by atoms with Gasteiger partial charge in [0.25, 0.3) is 0 Å². The number of anilines is 2. The highest BCUT2D eigenvalue weighted by atomic mass is 14.9. The molecule has 0 radical (unpaired) electrons. The summed E-state index contributed by atoms with van der Waals surface area (Å²) >= 11 is 0. The highest BCUT2D eigenvalue weighted by Crippen LogP contribution is 2.32. The van der Waals surface area contributed by atoms with E-state index >= 15 is 0 Å². The molecular weight excluding hydrogens is 212 g/mol. The Bertz CT molecular complexity index is 557. The molecule has 0 bridgehead atoms. The minimum Gasteiger partial charge on any atom is -0.384 e. The van der Waals surface area contributed by atoms with Crippen LogP contribution in [0.5, 0.6) is 0 Å². The summed E-state index contributed by atoms with van der Waals surface area (Å²) in [4.78, 5) is 8.25. The molecule has 1 aliphatic rings. The maximum atomic E-state index is 5.93. The molecule has 0 aliphatic carbocycles. The molecule has 0 fully saturated rings. The molecule has 0 saturated heterocycles. The number of hydrogen-bond acceptors (Lipinski definition) is 4. The van der Waals surface area contributed by atoms with Crippen molar-refractivity contribution in [1.82, 2.24) is 9.97 Å². The Labute approximate surface area is 99.9 Å². The Morgan fingerprint density at radius 2 is 2.18 bits per heavy atom. The Kier molecular flexibility index (Phi) is 2.21. The maximum Gasteiger partial charge on any atom is 0.134 e. The van der Waals surface area contributed by atoms with Gasteiger partial charge in [-0.05, 0) is 30.5 Å². The molecule has 3 N–H and O–H groups in total. The normalized spacial score (nSPS) is 13.2. The summed E-state index contributed by atoms with van der Waals surface area (Å²) in [5.74, 6) is 0.537. The lowest BCUT2D eigenvalue weighted by Gasteiger charge is -2.09. The Morgan fingerprint density at radius 1 is 1.29 bits per heavy atom. The smallest absolute Gasteiger partial charge is 0.134 e. The quantitative estimate of drug-likeness (QED) is 0.780. The minimum atomic E-state index is 0.537. The van der Waals surface area contributed by atoms with Crippen LogP contribution < -0.4 is 11.1 Å². The number of fused-ring (bicyclic) bond motifs is 1. The Balaban J connectivity index is 2.16. The van der Waals surface area contributed by atoms with Crippen LogP contribution in [0.1, 0.15) is 11.3 Å². The van der Waals surface area contributed by atoms with Crippen LogP contribution in [0.15, 0.2) is 24.5 Å². The zero-order valence-electron chi connectivity index (χ0n) is 9.70. The molecule has 1 aromatic carbocycles. The van der Waals surface area contributed by atoms with Crippen LogP contribution in [0.3, 0.4) is 0 Å². The topological polar surface area (TPSA) is 63.8 Å². The van der Waals surface area contributed by atoms with Crippen LogP contribution in [0.4, 0.5) is 11.5 Å². The molecular formula is C13H14N4. The van der Waals surface area contributed by atoms with Crippen molar-refractivity contribution >= 4 is 11.5 Å². The van der Waals surface area contributed by atoms with E-state index in [2.05, 4.69) is 33.5 Å². The van der Waals surface area contributed by atoms with Crippen LogP contribution >= 0.6 is 0 Å². The molecule has 2 heterocycles. The van der Waals surface area contributed by atoms with Gasteiger partial charge in [-0.1, -0.05) is 12.1 Å². The van der Waals surface area contributed by atoms with E-state index in [4.69, 9.17) is 5.73 Å². The maximum absolute atomic E-state index is 5.93. The van der Waals surface area contributed by atoms with E-state index in [1.165, 1.54) is 17.6 Å². The summed E-state index contributed by atoms with van der Waals surface area (Å²) in [5.41, 5.74) is 11.4. The number of benzene rings is 1. The molecule has 2 aromatic rings. The second-order valence-corrected chi connectivity index (χ2v) is 4.27. The third kappa shape index (κ3) is 1.62. The molecule has 1 aliphatic heterocycles. The van der Waals surface area contributed by atoms with Gasteiger partial charge in [0.15, 0.2) is 0 Å². The van der Waals surface area contributed by atoms with Crippen molar-refractivity contribution in [3.8, 4) is 11.1 Å². The summed E-state index contributed by atoms with van der Waals surface area (Å²) in [6, 6.07) is 6.37. The van der Waals surface area contributed by atoms with Gasteiger partial charge in [0.1, 0.15) is 12.1 Å². The van der Waals surface area contributed by atoms with E-state index in [0.717, 1.165) is 29.8 Å². The van der Waals surface area contributed by atoms with Crippen molar-refractivity contribution in [2.75, 3.05) is 17.6 Å². The number of hydrogen-bond donors (Lipinski definition) is 2. The van der Waals surface area contributed by atoms with Gasteiger partial charge >= 0.3 is 0 Å². The Hall–Kier alpha value is -2.10. The van der Waals surface area contributed by atoms with Gasteiger partial charge in [0.05, 0.1) is 5.69 Å². The first-order chi connectivity index (χ1) is 8.25. The molecule has 17 heavy (non-hydrogen) atoms. The van der Waals surface area contributed by atoms with E-state index in [1.54, 1.807) is 0 Å². The first-order valence-electron chi connectivity index (χ1n) is 5.70. The zero-order valence-corrected chi connectivity index (χ0v) is 9.70. The summed E-state index contributed by atoms with van der Waals surface area (Å²) in [5, 5.41) is 3.37. The number of nitrogens with two attached hydrogens (primary N) is 1. The summed E-state index contributed by atoms with van der Waals surface area (Å²) in [6.45, 7) is 2.96. The van der Waals surface area contributed by atoms with E-state index in [-0.39, 0.29) is 0 Å².